The van der Waals surface area contributed by atoms with Crippen molar-refractivity contribution in [3.8, 4) is 0 Å². The molecule has 0 radical (unpaired) electrons. The number of benzene rings is 1. The number of hydrogen-bond donors (Lipinski definition) is 1. The summed E-state index contributed by atoms with van der Waals surface area (Å²) in [5, 5.41) is 7.25. The predicted molar refractivity (Wildman–Crippen MR) is 82.0 cm³/mol. The van der Waals surface area contributed by atoms with Gasteiger partial charge >= 0.3 is 0 Å². The third-order valence-corrected chi connectivity index (χ3v) is 3.60. The van der Waals surface area contributed by atoms with Gasteiger partial charge in [-0.1, -0.05) is 29.8 Å². The number of hydrazone groups is 1. The lowest BCUT2D eigenvalue weighted by atomic mass is 10.0. The molecule has 2 aromatic rings. The van der Waals surface area contributed by atoms with Gasteiger partial charge in [0.25, 0.3) is 0 Å². The molecule has 5 heteroatoms. The van der Waals surface area contributed by atoms with E-state index in [1.165, 1.54) is 0 Å². The molecule has 1 aliphatic heterocycles. The van der Waals surface area contributed by atoms with E-state index in [-0.39, 0.29) is 6.04 Å². The van der Waals surface area contributed by atoms with Crippen LogP contribution in [0, 0.1) is 0 Å². The molecular formula is C15H15ClN4. The van der Waals surface area contributed by atoms with E-state index in [1.807, 2.05) is 47.5 Å². The molecule has 1 aliphatic rings. The van der Waals surface area contributed by atoms with Crippen LogP contribution < -0.4 is 10.7 Å². The highest BCUT2D eigenvalue weighted by Crippen LogP contribution is 2.34. The van der Waals surface area contributed by atoms with Gasteiger partial charge in [-0.2, -0.15) is 5.10 Å². The number of anilines is 1. The second-order valence-electron chi connectivity index (χ2n) is 4.67. The van der Waals surface area contributed by atoms with Gasteiger partial charge in [-0.25, -0.2) is 9.99 Å². The first-order chi connectivity index (χ1) is 9.78. The van der Waals surface area contributed by atoms with E-state index in [4.69, 9.17) is 17.3 Å². The van der Waals surface area contributed by atoms with Crippen molar-refractivity contribution < 1.29 is 0 Å². The molecule has 1 aromatic heterocycles. The van der Waals surface area contributed by atoms with Crippen molar-refractivity contribution in [2.45, 2.75) is 12.5 Å². The van der Waals surface area contributed by atoms with Crippen LogP contribution in [0.25, 0.3) is 0 Å². The lowest BCUT2D eigenvalue weighted by Crippen LogP contribution is -2.19. The molecule has 0 fully saturated rings. The molecular weight excluding hydrogens is 272 g/mol. The van der Waals surface area contributed by atoms with E-state index < -0.39 is 0 Å². The number of aromatic nitrogens is 1. The van der Waals surface area contributed by atoms with Gasteiger partial charge in [0.15, 0.2) is 0 Å². The lowest BCUT2D eigenvalue weighted by molar-refractivity contribution is 0.698. The average molecular weight is 287 g/mol. The molecule has 20 heavy (non-hydrogen) atoms. The molecule has 102 valence electrons. The third-order valence-electron chi connectivity index (χ3n) is 3.35. The summed E-state index contributed by atoms with van der Waals surface area (Å²) in [6.07, 6.45) is 2.58. The number of halogens is 1. The Morgan fingerprint density at radius 2 is 2.00 bits per heavy atom. The molecule has 0 saturated carbocycles. The minimum atomic E-state index is 0.126. The van der Waals surface area contributed by atoms with Crippen molar-refractivity contribution in [2.24, 2.45) is 10.8 Å². The van der Waals surface area contributed by atoms with E-state index in [9.17, 15) is 0 Å². The Kier molecular flexibility index (Phi) is 3.67. The fourth-order valence-electron chi connectivity index (χ4n) is 2.34. The predicted octanol–water partition coefficient (Wildman–Crippen LogP) is 3.00. The normalized spacial score (nSPS) is 18.2. The van der Waals surface area contributed by atoms with Crippen LogP contribution in [0.2, 0.25) is 5.02 Å². The van der Waals surface area contributed by atoms with Crippen LogP contribution in [0.1, 0.15) is 18.0 Å². The van der Waals surface area contributed by atoms with Gasteiger partial charge in [-0.3, -0.25) is 0 Å². The third kappa shape index (κ3) is 2.53. The van der Waals surface area contributed by atoms with Gasteiger partial charge in [0.05, 0.1) is 11.8 Å². The van der Waals surface area contributed by atoms with Crippen LogP contribution in [-0.2, 0) is 0 Å². The van der Waals surface area contributed by atoms with E-state index in [0.29, 0.717) is 6.54 Å². The second kappa shape index (κ2) is 5.61. The van der Waals surface area contributed by atoms with Gasteiger partial charge in [-0.15, -0.1) is 0 Å². The summed E-state index contributed by atoms with van der Waals surface area (Å²) in [5.74, 6) is 0.830. The highest BCUT2D eigenvalue weighted by atomic mass is 35.5. The molecule has 0 saturated heterocycles. The van der Waals surface area contributed by atoms with Gasteiger partial charge in [0.1, 0.15) is 5.82 Å². The molecule has 4 nitrogen and oxygen atoms in total. The Bertz CT molecular complexity index is 610. The van der Waals surface area contributed by atoms with Crippen molar-refractivity contribution in [1.29, 1.82) is 0 Å². The average Bonchev–Trinajstić information content (AvgIpc) is 2.93. The highest BCUT2D eigenvalue weighted by molar-refractivity contribution is 6.30. The largest absolute Gasteiger partial charge is 0.325 e. The van der Waals surface area contributed by atoms with Gasteiger partial charge in [0, 0.05) is 24.2 Å². The van der Waals surface area contributed by atoms with Crippen molar-refractivity contribution in [2.75, 3.05) is 11.6 Å². The summed E-state index contributed by atoms with van der Waals surface area (Å²) in [5.41, 5.74) is 7.88. The Balaban J connectivity index is 1.95. The molecule has 0 aliphatic carbocycles. The van der Waals surface area contributed by atoms with Gasteiger partial charge in [0.2, 0.25) is 0 Å². The summed E-state index contributed by atoms with van der Waals surface area (Å²) < 4.78 is 0. The van der Waals surface area contributed by atoms with Crippen molar-refractivity contribution >= 4 is 23.1 Å². The van der Waals surface area contributed by atoms with Crippen LogP contribution in [-0.4, -0.2) is 17.2 Å². The Morgan fingerprint density at radius 3 is 2.65 bits per heavy atom. The standard InChI is InChI=1S/C15H15ClN4/c16-12-6-4-11(5-7-12)14-9-13(10-17)19-20(14)15-3-1-2-8-18-15/h1-8,14H,9-10,17H2. The zero-order valence-corrected chi connectivity index (χ0v) is 11.7. The first-order valence-corrected chi connectivity index (χ1v) is 6.88. The summed E-state index contributed by atoms with van der Waals surface area (Å²) in [7, 11) is 0. The van der Waals surface area contributed by atoms with Crippen LogP contribution in [0.3, 0.4) is 0 Å². The molecule has 1 unspecified atom stereocenters. The topological polar surface area (TPSA) is 54.5 Å². The molecule has 0 amide bonds. The second-order valence-corrected chi connectivity index (χ2v) is 5.11. The quantitative estimate of drug-likeness (QED) is 0.944. The number of nitrogens with two attached hydrogens (primary N) is 1. The number of nitrogens with zero attached hydrogens (tertiary/aromatic N) is 3. The molecule has 0 bridgehead atoms. The summed E-state index contributed by atoms with van der Waals surface area (Å²) in [6.45, 7) is 0.466. The summed E-state index contributed by atoms with van der Waals surface area (Å²) in [6, 6.07) is 13.8. The molecule has 3 rings (SSSR count). The summed E-state index contributed by atoms with van der Waals surface area (Å²) >= 11 is 5.95. The molecule has 1 aromatic carbocycles. The fraction of sp³-hybridized carbons (Fsp3) is 0.200. The summed E-state index contributed by atoms with van der Waals surface area (Å²) in [4.78, 5) is 4.37. The van der Waals surface area contributed by atoms with E-state index >= 15 is 0 Å². The molecule has 2 N–H and O–H groups in total. The van der Waals surface area contributed by atoms with Gasteiger partial charge < -0.3 is 5.73 Å². The van der Waals surface area contributed by atoms with Crippen LogP contribution >= 0.6 is 11.6 Å². The number of rotatable bonds is 3. The van der Waals surface area contributed by atoms with Crippen LogP contribution in [0.5, 0.6) is 0 Å². The first-order valence-electron chi connectivity index (χ1n) is 6.50. The number of hydrogen-bond acceptors (Lipinski definition) is 4. The van der Waals surface area contributed by atoms with Crippen molar-refractivity contribution in [1.82, 2.24) is 4.98 Å². The monoisotopic (exact) mass is 286 g/mol. The molecule has 0 spiro atoms. The fourth-order valence-corrected chi connectivity index (χ4v) is 2.47. The van der Waals surface area contributed by atoms with Crippen LogP contribution in [0.15, 0.2) is 53.8 Å². The van der Waals surface area contributed by atoms with E-state index in [0.717, 1.165) is 28.5 Å². The minimum Gasteiger partial charge on any atom is -0.325 e. The van der Waals surface area contributed by atoms with E-state index in [1.54, 1.807) is 6.20 Å². The van der Waals surface area contributed by atoms with Crippen molar-refractivity contribution in [3.05, 3.63) is 59.2 Å². The molecule has 2 heterocycles. The van der Waals surface area contributed by atoms with Crippen LogP contribution in [0.4, 0.5) is 5.82 Å². The maximum Gasteiger partial charge on any atom is 0.149 e. The maximum atomic E-state index is 5.95. The van der Waals surface area contributed by atoms with E-state index in [2.05, 4.69) is 10.1 Å². The zero-order valence-electron chi connectivity index (χ0n) is 10.9. The zero-order chi connectivity index (χ0) is 13.9. The SMILES string of the molecule is NCC1=NN(c2ccccn2)C(c2ccc(Cl)cc2)C1. The maximum absolute atomic E-state index is 5.95. The van der Waals surface area contributed by atoms with Crippen molar-refractivity contribution in [3.63, 3.8) is 0 Å². The minimum absolute atomic E-state index is 0.126. The number of pyridine rings is 1. The van der Waals surface area contributed by atoms with Gasteiger partial charge in [-0.05, 0) is 29.8 Å². The molecule has 1 atom stereocenters. The Hall–Kier alpha value is -1.91. The Labute approximate surface area is 122 Å². The lowest BCUT2D eigenvalue weighted by Gasteiger charge is -2.22. The smallest absolute Gasteiger partial charge is 0.149 e. The first kappa shape index (κ1) is 13.1. The Morgan fingerprint density at radius 1 is 1.20 bits per heavy atom. The highest BCUT2D eigenvalue weighted by Gasteiger charge is 2.29.